The van der Waals surface area contributed by atoms with Gasteiger partial charge in [-0.3, -0.25) is 9.59 Å². The molecule has 0 saturated heterocycles. The van der Waals surface area contributed by atoms with Crippen LogP contribution < -0.4 is 5.32 Å². The molecular weight excluding hydrogens is 427 g/mol. The molecule has 156 valence electrons. The number of aromatic nitrogens is 4. The summed E-state index contributed by atoms with van der Waals surface area (Å²) in [5.41, 5.74) is 1.20. The third-order valence-corrected chi connectivity index (χ3v) is 4.71. The van der Waals surface area contributed by atoms with Gasteiger partial charge in [0, 0.05) is 17.1 Å². The Morgan fingerprint density at radius 3 is 2.63 bits per heavy atom. The number of carbonyl (C=O) groups excluding carboxylic acids is 2. The van der Waals surface area contributed by atoms with Crippen LogP contribution in [0.5, 0.6) is 0 Å². The summed E-state index contributed by atoms with van der Waals surface area (Å²) < 4.78 is 0. The van der Waals surface area contributed by atoms with Gasteiger partial charge in [-0.15, -0.1) is 10.2 Å². The summed E-state index contributed by atoms with van der Waals surface area (Å²) in [5, 5.41) is 15.7. The molecule has 3 rings (SSSR count). The smallest absolute Gasteiger partial charge is 0.246 e. The summed E-state index contributed by atoms with van der Waals surface area (Å²) in [6.07, 6.45) is 0.691. The van der Waals surface area contributed by atoms with Crippen LogP contribution in [0.1, 0.15) is 13.3 Å². The molecule has 2 amide bonds. The summed E-state index contributed by atoms with van der Waals surface area (Å²) in [6.45, 7) is 2.09. The summed E-state index contributed by atoms with van der Waals surface area (Å²) in [5.74, 6) is -0.238. The average Bonchev–Trinajstić information content (AvgIpc) is 3.19. The maximum atomic E-state index is 12.7. The highest BCUT2D eigenvalue weighted by atomic mass is 35.5. The summed E-state index contributed by atoms with van der Waals surface area (Å²) >= 11 is 12.0. The fourth-order valence-electron chi connectivity index (χ4n) is 2.75. The number of carbonyl (C=O) groups is 2. The Balaban J connectivity index is 1.64. The highest BCUT2D eigenvalue weighted by molar-refractivity contribution is 6.35. The van der Waals surface area contributed by atoms with Gasteiger partial charge in [0.15, 0.2) is 0 Å². The molecule has 1 N–H and O–H groups in total. The second kappa shape index (κ2) is 10.2. The van der Waals surface area contributed by atoms with Crippen molar-refractivity contribution in [1.82, 2.24) is 25.1 Å². The first-order chi connectivity index (χ1) is 14.5. The molecule has 0 bridgehead atoms. The van der Waals surface area contributed by atoms with Crippen LogP contribution in [-0.2, 0) is 16.1 Å². The first-order valence-electron chi connectivity index (χ1n) is 9.32. The van der Waals surface area contributed by atoms with Crippen molar-refractivity contribution in [2.45, 2.75) is 19.9 Å². The minimum absolute atomic E-state index is 0.120. The monoisotopic (exact) mass is 446 g/mol. The lowest BCUT2D eigenvalue weighted by molar-refractivity contribution is -0.135. The SMILES string of the molecule is CCCN(CC(=O)Nc1cc(Cl)ccc1Cl)C(=O)Cn1nnc(-c2ccccc2)n1. The molecule has 0 aliphatic carbocycles. The highest BCUT2D eigenvalue weighted by Crippen LogP contribution is 2.25. The molecule has 30 heavy (non-hydrogen) atoms. The zero-order chi connectivity index (χ0) is 21.5. The number of amides is 2. The lowest BCUT2D eigenvalue weighted by atomic mass is 10.2. The Labute approximate surface area is 183 Å². The van der Waals surface area contributed by atoms with Gasteiger partial charge in [0.2, 0.25) is 17.6 Å². The average molecular weight is 447 g/mol. The number of hydrogen-bond acceptors (Lipinski definition) is 5. The summed E-state index contributed by atoms with van der Waals surface area (Å²) in [6, 6.07) is 14.1. The first-order valence-corrected chi connectivity index (χ1v) is 10.1. The fraction of sp³-hybridized carbons (Fsp3) is 0.250. The van der Waals surface area contributed by atoms with Crippen LogP contribution in [0.15, 0.2) is 48.5 Å². The third kappa shape index (κ3) is 5.77. The zero-order valence-corrected chi connectivity index (χ0v) is 17.8. The number of tetrazole rings is 1. The Morgan fingerprint density at radius 2 is 1.90 bits per heavy atom. The Morgan fingerprint density at radius 1 is 1.13 bits per heavy atom. The molecule has 1 aromatic heterocycles. The van der Waals surface area contributed by atoms with Crippen molar-refractivity contribution >= 4 is 40.7 Å². The van der Waals surface area contributed by atoms with Crippen LogP contribution in [0.2, 0.25) is 10.0 Å². The van der Waals surface area contributed by atoms with Crippen LogP contribution >= 0.6 is 23.2 Å². The van der Waals surface area contributed by atoms with Gasteiger partial charge in [-0.2, -0.15) is 4.80 Å². The van der Waals surface area contributed by atoms with Crippen molar-refractivity contribution in [2.75, 3.05) is 18.4 Å². The number of nitrogens with zero attached hydrogens (tertiary/aromatic N) is 5. The van der Waals surface area contributed by atoms with Gasteiger partial charge in [-0.1, -0.05) is 60.5 Å². The Hall–Kier alpha value is -2.97. The largest absolute Gasteiger partial charge is 0.332 e. The number of halogens is 2. The van der Waals surface area contributed by atoms with E-state index < -0.39 is 0 Å². The number of anilines is 1. The molecule has 0 fully saturated rings. The highest BCUT2D eigenvalue weighted by Gasteiger charge is 2.19. The molecule has 0 radical (unpaired) electrons. The van der Waals surface area contributed by atoms with E-state index in [0.717, 1.165) is 5.56 Å². The van der Waals surface area contributed by atoms with Crippen molar-refractivity contribution < 1.29 is 9.59 Å². The van der Waals surface area contributed by atoms with Gasteiger partial charge < -0.3 is 10.2 Å². The van der Waals surface area contributed by atoms with Gasteiger partial charge in [0.1, 0.15) is 6.54 Å². The Kier molecular flexibility index (Phi) is 7.37. The van der Waals surface area contributed by atoms with Crippen LogP contribution in [0, 0.1) is 0 Å². The molecule has 0 spiro atoms. The molecule has 0 atom stereocenters. The van der Waals surface area contributed by atoms with Crippen molar-refractivity contribution in [3.8, 4) is 11.4 Å². The van der Waals surface area contributed by atoms with Crippen molar-refractivity contribution in [3.05, 3.63) is 58.6 Å². The molecule has 3 aromatic rings. The lowest BCUT2D eigenvalue weighted by Crippen LogP contribution is -2.40. The van der Waals surface area contributed by atoms with Gasteiger partial charge in [0.25, 0.3) is 0 Å². The standard InChI is InChI=1S/C20H20Cl2N6O2/c1-2-10-27(12-18(29)23-17-11-15(21)8-9-16(17)22)19(30)13-28-25-20(24-26-28)14-6-4-3-5-7-14/h3-9,11H,2,10,12-13H2,1H3,(H,23,29). The van der Waals surface area contributed by atoms with Crippen LogP contribution in [0.3, 0.4) is 0 Å². The first kappa shape index (κ1) is 21.7. The molecule has 0 unspecified atom stereocenters. The van der Waals surface area contributed by atoms with E-state index in [1.54, 1.807) is 18.2 Å². The van der Waals surface area contributed by atoms with E-state index in [4.69, 9.17) is 23.2 Å². The molecule has 0 aliphatic heterocycles. The number of benzene rings is 2. The van der Waals surface area contributed by atoms with E-state index in [9.17, 15) is 9.59 Å². The van der Waals surface area contributed by atoms with Crippen molar-refractivity contribution in [3.63, 3.8) is 0 Å². The van der Waals surface area contributed by atoms with E-state index in [1.165, 1.54) is 9.70 Å². The van der Waals surface area contributed by atoms with Crippen LogP contribution in [0.25, 0.3) is 11.4 Å². The molecular formula is C20H20Cl2N6O2. The minimum atomic E-state index is -0.377. The van der Waals surface area contributed by atoms with E-state index in [-0.39, 0.29) is 24.9 Å². The topological polar surface area (TPSA) is 93.0 Å². The molecule has 0 aliphatic rings. The van der Waals surface area contributed by atoms with E-state index in [1.807, 2.05) is 37.3 Å². The van der Waals surface area contributed by atoms with Gasteiger partial charge >= 0.3 is 0 Å². The van der Waals surface area contributed by atoms with Crippen LogP contribution in [0.4, 0.5) is 5.69 Å². The van der Waals surface area contributed by atoms with E-state index >= 15 is 0 Å². The van der Waals surface area contributed by atoms with Crippen molar-refractivity contribution in [2.24, 2.45) is 0 Å². The van der Waals surface area contributed by atoms with E-state index in [2.05, 4.69) is 20.7 Å². The Bertz CT molecular complexity index is 1030. The van der Waals surface area contributed by atoms with Gasteiger partial charge in [-0.05, 0) is 29.8 Å². The second-order valence-electron chi connectivity index (χ2n) is 6.50. The molecule has 2 aromatic carbocycles. The third-order valence-electron chi connectivity index (χ3n) is 4.14. The van der Waals surface area contributed by atoms with E-state index in [0.29, 0.717) is 34.5 Å². The minimum Gasteiger partial charge on any atom is -0.332 e. The zero-order valence-electron chi connectivity index (χ0n) is 16.3. The molecule has 8 nitrogen and oxygen atoms in total. The number of nitrogens with one attached hydrogen (secondary N) is 1. The summed E-state index contributed by atoms with van der Waals surface area (Å²) in [4.78, 5) is 27.8. The summed E-state index contributed by atoms with van der Waals surface area (Å²) in [7, 11) is 0. The fourth-order valence-corrected chi connectivity index (χ4v) is 3.09. The number of rotatable bonds is 8. The second-order valence-corrected chi connectivity index (χ2v) is 7.34. The maximum absolute atomic E-state index is 12.7. The van der Waals surface area contributed by atoms with Gasteiger partial charge in [-0.25, -0.2) is 0 Å². The van der Waals surface area contributed by atoms with Crippen molar-refractivity contribution in [1.29, 1.82) is 0 Å². The van der Waals surface area contributed by atoms with Gasteiger partial charge in [0.05, 0.1) is 17.3 Å². The molecule has 1 heterocycles. The molecule has 0 saturated carbocycles. The van der Waals surface area contributed by atoms with Crippen LogP contribution in [-0.4, -0.2) is 50.0 Å². The lowest BCUT2D eigenvalue weighted by Gasteiger charge is -2.21. The maximum Gasteiger partial charge on any atom is 0.246 e. The molecule has 10 heteroatoms. The number of hydrogen-bond donors (Lipinski definition) is 1. The predicted molar refractivity (Wildman–Crippen MR) is 115 cm³/mol. The quantitative estimate of drug-likeness (QED) is 0.571. The predicted octanol–water partition coefficient (Wildman–Crippen LogP) is 3.52. The normalized spacial score (nSPS) is 10.6.